The molecule has 0 aliphatic carbocycles. The lowest BCUT2D eigenvalue weighted by atomic mass is 9.84. The number of nitriles is 1. The molecule has 0 rings (SSSR count). The van der Waals surface area contributed by atoms with E-state index in [4.69, 9.17) is 5.26 Å². The number of hydrogen-bond acceptors (Lipinski definition) is 2. The molecule has 2 nitrogen and oxygen atoms in total. The number of rotatable bonds is 2. The van der Waals surface area contributed by atoms with Gasteiger partial charge in [-0.15, -0.1) is 0 Å². The molecule has 0 aromatic rings. The van der Waals surface area contributed by atoms with Crippen LogP contribution in [0.1, 0.15) is 34.6 Å². The van der Waals surface area contributed by atoms with Crippen molar-refractivity contribution in [1.82, 2.24) is 0 Å². The van der Waals surface area contributed by atoms with Gasteiger partial charge in [0.05, 0.1) is 0 Å². The van der Waals surface area contributed by atoms with Crippen molar-refractivity contribution in [2.24, 2.45) is 10.4 Å². The van der Waals surface area contributed by atoms with Crippen molar-refractivity contribution < 1.29 is 0 Å². The van der Waals surface area contributed by atoms with Gasteiger partial charge in [0.25, 0.3) is 0 Å². The van der Waals surface area contributed by atoms with E-state index >= 15 is 0 Å². The Labute approximate surface area is 86.7 Å². The van der Waals surface area contributed by atoms with Crippen LogP contribution in [0.2, 0.25) is 0 Å². The molecule has 0 unspecified atom stereocenters. The first-order chi connectivity index (χ1) is 6.32. The third-order valence-electron chi connectivity index (χ3n) is 2.35. The molecule has 0 radical (unpaired) electrons. The van der Waals surface area contributed by atoms with Crippen molar-refractivity contribution in [3.05, 3.63) is 22.9 Å². The summed E-state index contributed by atoms with van der Waals surface area (Å²) in [6.45, 7) is 13.8. The van der Waals surface area contributed by atoms with Gasteiger partial charge in [-0.2, -0.15) is 5.26 Å². The first kappa shape index (κ1) is 12.6. The lowest BCUT2D eigenvalue weighted by molar-refractivity contribution is 0.500. The number of hydrogen-bond donors (Lipinski definition) is 0. The van der Waals surface area contributed by atoms with Crippen LogP contribution in [0.5, 0.6) is 0 Å². The summed E-state index contributed by atoms with van der Waals surface area (Å²) in [5, 5.41) is 8.68. The molecular weight excluding hydrogens is 172 g/mol. The second kappa shape index (κ2) is 4.76. The fourth-order valence-electron chi connectivity index (χ4n) is 1.02. The summed E-state index contributed by atoms with van der Waals surface area (Å²) in [7, 11) is 0. The average molecular weight is 190 g/mol. The molecule has 0 aromatic heterocycles. The summed E-state index contributed by atoms with van der Waals surface area (Å²) < 4.78 is 0. The van der Waals surface area contributed by atoms with Crippen LogP contribution in [0.3, 0.4) is 0 Å². The van der Waals surface area contributed by atoms with Gasteiger partial charge in [-0.05, 0) is 37.6 Å². The molecule has 2 heteroatoms. The van der Waals surface area contributed by atoms with Crippen LogP contribution in [0.15, 0.2) is 27.9 Å². The highest BCUT2D eigenvalue weighted by Gasteiger charge is 2.14. The fourth-order valence-corrected chi connectivity index (χ4v) is 1.02. The Hall–Kier alpha value is -1.36. The first-order valence-electron chi connectivity index (χ1n) is 4.59. The maximum atomic E-state index is 8.68. The predicted octanol–water partition coefficient (Wildman–Crippen LogP) is 3.48. The molecule has 0 saturated carbocycles. The van der Waals surface area contributed by atoms with Gasteiger partial charge in [0.15, 0.2) is 0 Å². The molecule has 0 heterocycles. The summed E-state index contributed by atoms with van der Waals surface area (Å²) in [5.41, 5.74) is 2.84. The van der Waals surface area contributed by atoms with E-state index < -0.39 is 0 Å². The van der Waals surface area contributed by atoms with E-state index in [-0.39, 0.29) is 5.41 Å². The van der Waals surface area contributed by atoms with E-state index in [9.17, 15) is 0 Å². The van der Waals surface area contributed by atoms with E-state index in [1.165, 1.54) is 5.57 Å². The molecule has 0 atom stereocenters. The molecular formula is C12H18N2. The van der Waals surface area contributed by atoms with Gasteiger partial charge in [0.1, 0.15) is 11.8 Å². The van der Waals surface area contributed by atoms with Crippen LogP contribution in [0, 0.1) is 16.7 Å². The van der Waals surface area contributed by atoms with Gasteiger partial charge in [0, 0.05) is 0 Å². The molecule has 14 heavy (non-hydrogen) atoms. The molecule has 0 aliphatic rings. The second-order valence-electron chi connectivity index (χ2n) is 4.36. The first-order valence-corrected chi connectivity index (χ1v) is 4.59. The number of allylic oxidation sites excluding steroid dienone is 4. The minimum Gasteiger partial charge on any atom is -0.253 e. The normalized spacial score (nSPS) is 14.4. The van der Waals surface area contributed by atoms with E-state index in [1.807, 2.05) is 13.0 Å². The average Bonchev–Trinajstić information content (AvgIpc) is 2.11. The minimum absolute atomic E-state index is 0.127. The van der Waals surface area contributed by atoms with E-state index in [0.717, 1.165) is 5.57 Å². The van der Waals surface area contributed by atoms with Crippen molar-refractivity contribution in [3.63, 3.8) is 0 Å². The van der Waals surface area contributed by atoms with Crippen molar-refractivity contribution >= 4 is 6.72 Å². The molecule has 0 amide bonds. The van der Waals surface area contributed by atoms with Crippen LogP contribution >= 0.6 is 0 Å². The van der Waals surface area contributed by atoms with Gasteiger partial charge < -0.3 is 0 Å². The third kappa shape index (κ3) is 3.57. The summed E-state index contributed by atoms with van der Waals surface area (Å²) in [6.07, 6.45) is 1.77. The molecule has 0 bridgehead atoms. The Morgan fingerprint density at radius 1 is 1.36 bits per heavy atom. The van der Waals surface area contributed by atoms with Crippen LogP contribution < -0.4 is 0 Å². The maximum Gasteiger partial charge on any atom is 0.139 e. The highest BCUT2D eigenvalue weighted by Crippen LogP contribution is 2.28. The van der Waals surface area contributed by atoms with Crippen LogP contribution in [-0.2, 0) is 0 Å². The lowest BCUT2D eigenvalue weighted by Crippen LogP contribution is -2.08. The Morgan fingerprint density at radius 3 is 2.14 bits per heavy atom. The van der Waals surface area contributed by atoms with Gasteiger partial charge in [-0.3, -0.25) is 4.99 Å². The largest absolute Gasteiger partial charge is 0.253 e. The van der Waals surface area contributed by atoms with Gasteiger partial charge in [-0.1, -0.05) is 26.3 Å². The van der Waals surface area contributed by atoms with Gasteiger partial charge >= 0.3 is 0 Å². The molecule has 0 saturated heterocycles. The summed E-state index contributed by atoms with van der Waals surface area (Å²) >= 11 is 0. The standard InChI is InChI=1S/C12H18N2/c1-9(7-11(8-13)14-6)10(2)12(3,4)5/h7H,6H2,1-5H3/b10-9+,11-7-. The zero-order valence-corrected chi connectivity index (χ0v) is 9.68. The van der Waals surface area contributed by atoms with Crippen LogP contribution in [-0.4, -0.2) is 6.72 Å². The Bertz CT molecular complexity index is 319. The highest BCUT2D eigenvalue weighted by atomic mass is 14.7. The Kier molecular flexibility index (Phi) is 4.30. The third-order valence-corrected chi connectivity index (χ3v) is 2.35. The number of nitrogens with zero attached hydrogens (tertiary/aromatic N) is 2. The smallest absolute Gasteiger partial charge is 0.139 e. The number of aliphatic imine (C=N–C) groups is 1. The van der Waals surface area contributed by atoms with E-state index in [0.29, 0.717) is 5.70 Å². The molecule has 76 valence electrons. The lowest BCUT2D eigenvalue weighted by Gasteiger charge is -2.21. The van der Waals surface area contributed by atoms with E-state index in [2.05, 4.69) is 39.4 Å². The zero-order valence-electron chi connectivity index (χ0n) is 9.68. The molecule has 0 aromatic carbocycles. The van der Waals surface area contributed by atoms with Crippen molar-refractivity contribution in [1.29, 1.82) is 5.26 Å². The van der Waals surface area contributed by atoms with Crippen LogP contribution in [0.4, 0.5) is 0 Å². The van der Waals surface area contributed by atoms with Crippen LogP contribution in [0.25, 0.3) is 0 Å². The fraction of sp³-hybridized carbons (Fsp3) is 0.500. The SMILES string of the molecule is C=N/C(C#N)=C\C(C)=C(/C)C(C)(C)C. The summed E-state index contributed by atoms with van der Waals surface area (Å²) in [4.78, 5) is 3.63. The van der Waals surface area contributed by atoms with Crippen molar-refractivity contribution in [2.45, 2.75) is 34.6 Å². The van der Waals surface area contributed by atoms with Crippen molar-refractivity contribution in [3.8, 4) is 6.07 Å². The molecule has 0 spiro atoms. The molecule has 0 aliphatic heterocycles. The maximum absolute atomic E-state index is 8.68. The van der Waals surface area contributed by atoms with Crippen molar-refractivity contribution in [2.75, 3.05) is 0 Å². The van der Waals surface area contributed by atoms with Gasteiger partial charge in [-0.25, -0.2) is 0 Å². The van der Waals surface area contributed by atoms with E-state index in [1.54, 1.807) is 6.08 Å². The predicted molar refractivity (Wildman–Crippen MR) is 61.1 cm³/mol. The summed E-state index contributed by atoms with van der Waals surface area (Å²) in [6, 6.07) is 1.99. The van der Waals surface area contributed by atoms with Gasteiger partial charge in [0.2, 0.25) is 0 Å². The zero-order chi connectivity index (χ0) is 11.4. The Morgan fingerprint density at radius 2 is 1.86 bits per heavy atom. The monoisotopic (exact) mass is 190 g/mol. The topological polar surface area (TPSA) is 36.1 Å². The molecule has 0 fully saturated rings. The summed E-state index contributed by atoms with van der Waals surface area (Å²) in [5.74, 6) is 0. The second-order valence-corrected chi connectivity index (χ2v) is 4.36. The molecule has 0 N–H and O–H groups in total. The minimum atomic E-state index is 0.127. The quantitative estimate of drug-likeness (QED) is 0.373. The highest BCUT2D eigenvalue weighted by molar-refractivity contribution is 5.39. The Balaban J connectivity index is 5.15.